The Bertz CT molecular complexity index is 495. The second-order valence-electron chi connectivity index (χ2n) is 5.89. The number of halogens is 1. The van der Waals surface area contributed by atoms with Crippen LogP contribution in [0.4, 0.5) is 0 Å². The van der Waals surface area contributed by atoms with Gasteiger partial charge in [0.05, 0.1) is 5.56 Å². The van der Waals surface area contributed by atoms with Crippen LogP contribution in [0.2, 0.25) is 0 Å². The van der Waals surface area contributed by atoms with Gasteiger partial charge in [-0.1, -0.05) is 32.6 Å². The number of carbonyl (C=O) groups is 1. The minimum Gasteiger partial charge on any atom is -0.355 e. The minimum atomic E-state index is -0.114. The van der Waals surface area contributed by atoms with Gasteiger partial charge in [-0.25, -0.2) is 0 Å². The summed E-state index contributed by atoms with van der Waals surface area (Å²) >= 11 is 0. The highest BCUT2D eigenvalue weighted by atomic mass is 127. The van der Waals surface area contributed by atoms with Crippen LogP contribution in [0.25, 0.3) is 0 Å². The van der Waals surface area contributed by atoms with Crippen LogP contribution in [0.5, 0.6) is 0 Å². The molecule has 1 unspecified atom stereocenters. The third kappa shape index (κ3) is 11.0. The molecule has 0 spiro atoms. The molecule has 0 saturated carbocycles. The van der Waals surface area contributed by atoms with Crippen molar-refractivity contribution in [2.75, 3.05) is 20.1 Å². The summed E-state index contributed by atoms with van der Waals surface area (Å²) < 4.78 is 0. The van der Waals surface area contributed by atoms with Crippen molar-refractivity contribution in [3.05, 3.63) is 30.1 Å². The molecule has 0 radical (unpaired) electrons. The lowest BCUT2D eigenvalue weighted by Crippen LogP contribution is -2.44. The van der Waals surface area contributed by atoms with E-state index in [0.29, 0.717) is 24.7 Å². The predicted molar refractivity (Wildman–Crippen MR) is 115 cm³/mol. The molecular formula is C18H32IN5O. The van der Waals surface area contributed by atoms with Crippen LogP contribution in [-0.2, 0) is 0 Å². The van der Waals surface area contributed by atoms with Gasteiger partial charge in [0, 0.05) is 38.6 Å². The van der Waals surface area contributed by atoms with E-state index >= 15 is 0 Å². The first-order valence-electron chi connectivity index (χ1n) is 8.82. The molecule has 25 heavy (non-hydrogen) atoms. The molecular weight excluding hydrogens is 429 g/mol. The number of rotatable bonds is 10. The normalized spacial score (nSPS) is 12.0. The first-order valence-corrected chi connectivity index (χ1v) is 8.82. The number of pyridine rings is 1. The zero-order chi connectivity index (χ0) is 17.6. The second-order valence-corrected chi connectivity index (χ2v) is 5.89. The molecule has 0 aliphatic heterocycles. The van der Waals surface area contributed by atoms with Gasteiger partial charge in [-0.15, -0.1) is 24.0 Å². The molecule has 1 amide bonds. The van der Waals surface area contributed by atoms with E-state index in [4.69, 9.17) is 0 Å². The molecule has 0 saturated heterocycles. The summed E-state index contributed by atoms with van der Waals surface area (Å²) in [5.41, 5.74) is 0.570. The third-order valence-electron chi connectivity index (χ3n) is 3.72. The molecule has 6 nitrogen and oxygen atoms in total. The molecule has 0 fully saturated rings. The Morgan fingerprint density at radius 1 is 1.24 bits per heavy atom. The fourth-order valence-electron chi connectivity index (χ4n) is 2.33. The van der Waals surface area contributed by atoms with E-state index in [1.165, 1.54) is 25.7 Å². The Balaban J connectivity index is 0.00000576. The maximum atomic E-state index is 11.9. The summed E-state index contributed by atoms with van der Waals surface area (Å²) in [5, 5.41) is 9.45. The van der Waals surface area contributed by atoms with Gasteiger partial charge >= 0.3 is 0 Å². The largest absolute Gasteiger partial charge is 0.355 e. The van der Waals surface area contributed by atoms with Gasteiger partial charge in [0.1, 0.15) is 0 Å². The standard InChI is InChI=1S/C18H31N5O.HI/c1-4-5-6-7-9-15(2)23-18(19-3)22-13-12-21-17(24)16-10-8-11-20-14-16;/h8,10-11,14-15H,4-7,9,12-13H2,1-3H3,(H,21,24)(H2,19,22,23);1H. The van der Waals surface area contributed by atoms with Gasteiger partial charge in [0.25, 0.3) is 5.91 Å². The van der Waals surface area contributed by atoms with Crippen molar-refractivity contribution in [2.24, 2.45) is 4.99 Å². The van der Waals surface area contributed by atoms with Crippen LogP contribution < -0.4 is 16.0 Å². The van der Waals surface area contributed by atoms with Gasteiger partial charge in [-0.05, 0) is 25.5 Å². The smallest absolute Gasteiger partial charge is 0.252 e. The van der Waals surface area contributed by atoms with E-state index in [2.05, 4.69) is 39.8 Å². The number of hydrogen-bond acceptors (Lipinski definition) is 3. The highest BCUT2D eigenvalue weighted by molar-refractivity contribution is 14.0. The first kappa shape index (κ1) is 23.6. The SMILES string of the molecule is CCCCCCC(C)NC(=NC)NCCNC(=O)c1cccnc1.I. The van der Waals surface area contributed by atoms with Crippen molar-refractivity contribution in [3.63, 3.8) is 0 Å². The van der Waals surface area contributed by atoms with Gasteiger partial charge in [0.2, 0.25) is 0 Å². The monoisotopic (exact) mass is 461 g/mol. The molecule has 1 atom stereocenters. The number of unbranched alkanes of at least 4 members (excludes halogenated alkanes) is 3. The maximum Gasteiger partial charge on any atom is 0.252 e. The molecule has 0 aliphatic rings. The number of carbonyl (C=O) groups excluding carboxylic acids is 1. The Morgan fingerprint density at radius 2 is 2.00 bits per heavy atom. The zero-order valence-corrected chi connectivity index (χ0v) is 17.9. The number of hydrogen-bond donors (Lipinski definition) is 3. The molecule has 0 bridgehead atoms. The van der Waals surface area contributed by atoms with Gasteiger partial charge in [0.15, 0.2) is 5.96 Å². The zero-order valence-electron chi connectivity index (χ0n) is 15.5. The van der Waals surface area contributed by atoms with E-state index in [9.17, 15) is 4.79 Å². The van der Waals surface area contributed by atoms with Crippen LogP contribution in [0.3, 0.4) is 0 Å². The molecule has 1 aromatic rings. The van der Waals surface area contributed by atoms with Crippen molar-refractivity contribution in [2.45, 2.75) is 52.0 Å². The average Bonchev–Trinajstić information content (AvgIpc) is 2.61. The summed E-state index contributed by atoms with van der Waals surface area (Å²) in [7, 11) is 1.76. The lowest BCUT2D eigenvalue weighted by atomic mass is 10.1. The summed E-state index contributed by atoms with van der Waals surface area (Å²) in [4.78, 5) is 20.0. The van der Waals surface area contributed by atoms with E-state index in [1.807, 2.05) is 0 Å². The van der Waals surface area contributed by atoms with Crippen molar-refractivity contribution >= 4 is 35.8 Å². The van der Waals surface area contributed by atoms with E-state index in [0.717, 1.165) is 12.4 Å². The number of guanidine groups is 1. The molecule has 7 heteroatoms. The summed E-state index contributed by atoms with van der Waals surface area (Å²) in [6.07, 6.45) is 9.43. The number of nitrogens with one attached hydrogen (secondary N) is 3. The number of aromatic nitrogens is 1. The number of amides is 1. The highest BCUT2D eigenvalue weighted by Crippen LogP contribution is 2.05. The van der Waals surface area contributed by atoms with Crippen LogP contribution in [-0.4, -0.2) is 43.0 Å². The highest BCUT2D eigenvalue weighted by Gasteiger charge is 2.06. The lowest BCUT2D eigenvalue weighted by Gasteiger charge is -2.18. The van der Waals surface area contributed by atoms with Gasteiger partial charge in [-0.2, -0.15) is 0 Å². The first-order chi connectivity index (χ1) is 11.7. The Hall–Kier alpha value is -1.38. The van der Waals surface area contributed by atoms with Crippen molar-refractivity contribution < 1.29 is 4.79 Å². The molecule has 1 rings (SSSR count). The molecule has 1 heterocycles. The molecule has 0 aliphatic carbocycles. The number of aliphatic imine (C=N–C) groups is 1. The molecule has 3 N–H and O–H groups in total. The van der Waals surface area contributed by atoms with Crippen molar-refractivity contribution in [1.29, 1.82) is 0 Å². The summed E-state index contributed by atoms with van der Waals surface area (Å²) in [6.45, 7) is 5.54. The van der Waals surface area contributed by atoms with E-state index < -0.39 is 0 Å². The second kappa shape index (κ2) is 14.9. The fourth-order valence-corrected chi connectivity index (χ4v) is 2.33. The topological polar surface area (TPSA) is 78.4 Å². The fraction of sp³-hybridized carbons (Fsp3) is 0.611. The van der Waals surface area contributed by atoms with Crippen LogP contribution in [0, 0.1) is 0 Å². The van der Waals surface area contributed by atoms with E-state index in [1.54, 1.807) is 31.6 Å². The number of nitrogens with zero attached hydrogens (tertiary/aromatic N) is 2. The third-order valence-corrected chi connectivity index (χ3v) is 3.72. The molecule has 142 valence electrons. The summed E-state index contributed by atoms with van der Waals surface area (Å²) in [6, 6.07) is 3.88. The van der Waals surface area contributed by atoms with Gasteiger partial charge < -0.3 is 16.0 Å². The maximum absolute atomic E-state index is 11.9. The van der Waals surface area contributed by atoms with Crippen molar-refractivity contribution in [1.82, 2.24) is 20.9 Å². The summed E-state index contributed by atoms with van der Waals surface area (Å²) in [5.74, 6) is 0.658. The van der Waals surface area contributed by atoms with Crippen LogP contribution in [0.15, 0.2) is 29.5 Å². The molecule has 1 aromatic heterocycles. The van der Waals surface area contributed by atoms with Gasteiger partial charge in [-0.3, -0.25) is 14.8 Å². The van der Waals surface area contributed by atoms with Crippen LogP contribution >= 0.6 is 24.0 Å². The quantitative estimate of drug-likeness (QED) is 0.217. The Morgan fingerprint density at radius 3 is 2.64 bits per heavy atom. The lowest BCUT2D eigenvalue weighted by molar-refractivity contribution is 0.0954. The molecule has 0 aromatic carbocycles. The predicted octanol–water partition coefficient (Wildman–Crippen LogP) is 2.95. The Kier molecular flexibility index (Phi) is 14.1. The van der Waals surface area contributed by atoms with Crippen molar-refractivity contribution in [3.8, 4) is 0 Å². The Labute approximate surface area is 168 Å². The van der Waals surface area contributed by atoms with Crippen LogP contribution in [0.1, 0.15) is 56.3 Å². The average molecular weight is 461 g/mol. The van der Waals surface area contributed by atoms with E-state index in [-0.39, 0.29) is 29.9 Å². The minimum absolute atomic E-state index is 0.